The average Bonchev–Trinajstić information content (AvgIpc) is 2.60. The standard InChI is InChI=1S/C14H17Cl2N3/c1-8(17)6-12-9(2)18-19(10(12)3)11-4-5-13(15)14(16)7-11/h4-5,7-8H,6,17H2,1-3H3. The van der Waals surface area contributed by atoms with Crippen molar-refractivity contribution < 1.29 is 0 Å². The maximum atomic E-state index is 6.05. The van der Waals surface area contributed by atoms with Crippen LogP contribution in [0.1, 0.15) is 23.9 Å². The van der Waals surface area contributed by atoms with E-state index in [0.717, 1.165) is 23.5 Å². The van der Waals surface area contributed by atoms with Gasteiger partial charge in [0.15, 0.2) is 0 Å². The van der Waals surface area contributed by atoms with Gasteiger partial charge in [-0.3, -0.25) is 0 Å². The lowest BCUT2D eigenvalue weighted by molar-refractivity contribution is 0.730. The van der Waals surface area contributed by atoms with Crippen molar-refractivity contribution in [1.82, 2.24) is 9.78 Å². The monoisotopic (exact) mass is 297 g/mol. The third kappa shape index (κ3) is 2.94. The van der Waals surface area contributed by atoms with Gasteiger partial charge in [0.25, 0.3) is 0 Å². The zero-order chi connectivity index (χ0) is 14.2. The van der Waals surface area contributed by atoms with Gasteiger partial charge in [0, 0.05) is 11.7 Å². The van der Waals surface area contributed by atoms with Gasteiger partial charge in [-0.15, -0.1) is 0 Å². The van der Waals surface area contributed by atoms with Crippen LogP contribution in [0.25, 0.3) is 5.69 Å². The van der Waals surface area contributed by atoms with Gasteiger partial charge in [0.1, 0.15) is 0 Å². The fraction of sp³-hybridized carbons (Fsp3) is 0.357. The first kappa shape index (κ1) is 14.4. The number of nitrogens with two attached hydrogens (primary N) is 1. The van der Waals surface area contributed by atoms with Crippen LogP contribution < -0.4 is 5.73 Å². The summed E-state index contributed by atoms with van der Waals surface area (Å²) in [6.45, 7) is 6.04. The molecule has 19 heavy (non-hydrogen) atoms. The van der Waals surface area contributed by atoms with Crippen molar-refractivity contribution in [2.75, 3.05) is 0 Å². The van der Waals surface area contributed by atoms with E-state index < -0.39 is 0 Å². The van der Waals surface area contributed by atoms with Crippen LogP contribution in [0.15, 0.2) is 18.2 Å². The zero-order valence-corrected chi connectivity index (χ0v) is 12.8. The Morgan fingerprint density at radius 2 is 1.95 bits per heavy atom. The molecule has 0 aliphatic rings. The van der Waals surface area contributed by atoms with Crippen LogP contribution in [-0.4, -0.2) is 15.8 Å². The first-order valence-corrected chi connectivity index (χ1v) is 6.92. The minimum atomic E-state index is 0.115. The van der Waals surface area contributed by atoms with E-state index in [0.29, 0.717) is 10.0 Å². The van der Waals surface area contributed by atoms with Crippen LogP contribution in [0.4, 0.5) is 0 Å². The molecule has 0 aliphatic carbocycles. The summed E-state index contributed by atoms with van der Waals surface area (Å²) < 4.78 is 1.88. The van der Waals surface area contributed by atoms with Crippen LogP contribution in [0, 0.1) is 13.8 Å². The highest BCUT2D eigenvalue weighted by Gasteiger charge is 2.14. The molecule has 3 nitrogen and oxygen atoms in total. The number of halogens is 2. The van der Waals surface area contributed by atoms with Crippen molar-refractivity contribution in [3.8, 4) is 5.69 Å². The number of aryl methyl sites for hydroxylation is 1. The molecule has 1 unspecified atom stereocenters. The summed E-state index contributed by atoms with van der Waals surface area (Å²) in [5.74, 6) is 0. The maximum Gasteiger partial charge on any atom is 0.0664 e. The van der Waals surface area contributed by atoms with Crippen LogP contribution in [0.5, 0.6) is 0 Å². The molecule has 0 spiro atoms. The molecule has 0 saturated carbocycles. The normalized spacial score (nSPS) is 12.7. The van der Waals surface area contributed by atoms with Crippen LogP contribution >= 0.6 is 23.2 Å². The molecule has 1 aromatic heterocycles. The van der Waals surface area contributed by atoms with Crippen LogP contribution in [0.3, 0.4) is 0 Å². The number of hydrogen-bond acceptors (Lipinski definition) is 2. The van der Waals surface area contributed by atoms with E-state index in [9.17, 15) is 0 Å². The second-order valence-electron chi connectivity index (χ2n) is 4.84. The number of benzene rings is 1. The van der Waals surface area contributed by atoms with E-state index in [1.54, 1.807) is 6.07 Å². The van der Waals surface area contributed by atoms with Crippen LogP contribution in [-0.2, 0) is 6.42 Å². The van der Waals surface area contributed by atoms with E-state index in [4.69, 9.17) is 28.9 Å². The highest BCUT2D eigenvalue weighted by Crippen LogP contribution is 2.26. The molecule has 0 saturated heterocycles. The Morgan fingerprint density at radius 1 is 1.26 bits per heavy atom. The molecule has 0 aliphatic heterocycles. The SMILES string of the molecule is Cc1nn(-c2ccc(Cl)c(Cl)c2)c(C)c1CC(C)N. The minimum Gasteiger partial charge on any atom is -0.328 e. The average molecular weight is 298 g/mol. The molecule has 2 aromatic rings. The Hall–Kier alpha value is -1.03. The molecule has 5 heteroatoms. The van der Waals surface area contributed by atoms with Gasteiger partial charge in [-0.1, -0.05) is 23.2 Å². The van der Waals surface area contributed by atoms with Gasteiger partial charge in [-0.25, -0.2) is 4.68 Å². The fourth-order valence-corrected chi connectivity index (χ4v) is 2.45. The molecule has 2 rings (SSSR count). The summed E-state index contributed by atoms with van der Waals surface area (Å²) in [5, 5.41) is 5.64. The zero-order valence-electron chi connectivity index (χ0n) is 11.2. The number of rotatable bonds is 3. The number of nitrogens with zero attached hydrogens (tertiary/aromatic N) is 2. The van der Waals surface area contributed by atoms with Gasteiger partial charge in [0.05, 0.1) is 21.4 Å². The highest BCUT2D eigenvalue weighted by molar-refractivity contribution is 6.42. The summed E-state index contributed by atoms with van der Waals surface area (Å²) in [7, 11) is 0. The molecule has 102 valence electrons. The van der Waals surface area contributed by atoms with Gasteiger partial charge >= 0.3 is 0 Å². The molecule has 1 atom stereocenters. The van der Waals surface area contributed by atoms with Crippen molar-refractivity contribution in [3.63, 3.8) is 0 Å². The maximum absolute atomic E-state index is 6.05. The van der Waals surface area contributed by atoms with Gasteiger partial charge in [-0.2, -0.15) is 5.10 Å². The summed E-state index contributed by atoms with van der Waals surface area (Å²) in [5.41, 5.74) is 10.1. The van der Waals surface area contributed by atoms with Gasteiger partial charge in [-0.05, 0) is 51.0 Å². The molecule has 0 bridgehead atoms. The molecule has 0 amide bonds. The molecular formula is C14H17Cl2N3. The molecule has 1 heterocycles. The molecule has 0 radical (unpaired) electrons. The number of hydrogen-bond donors (Lipinski definition) is 1. The Labute approximate surface area is 123 Å². The van der Waals surface area contributed by atoms with Crippen molar-refractivity contribution in [2.45, 2.75) is 33.2 Å². The Morgan fingerprint density at radius 3 is 2.53 bits per heavy atom. The van der Waals surface area contributed by atoms with E-state index in [1.807, 2.05) is 37.6 Å². The summed E-state index contributed by atoms with van der Waals surface area (Å²) in [4.78, 5) is 0. The molecule has 2 N–H and O–H groups in total. The van der Waals surface area contributed by atoms with Crippen molar-refractivity contribution in [1.29, 1.82) is 0 Å². The van der Waals surface area contributed by atoms with E-state index >= 15 is 0 Å². The molecule has 1 aromatic carbocycles. The Kier molecular flexibility index (Phi) is 4.19. The van der Waals surface area contributed by atoms with E-state index in [2.05, 4.69) is 5.10 Å². The Balaban J connectivity index is 2.48. The Bertz CT molecular complexity index is 603. The first-order valence-electron chi connectivity index (χ1n) is 6.16. The predicted molar refractivity (Wildman–Crippen MR) is 80.4 cm³/mol. The number of aromatic nitrogens is 2. The lowest BCUT2D eigenvalue weighted by Crippen LogP contribution is -2.18. The first-order chi connectivity index (χ1) is 8.90. The summed E-state index contributed by atoms with van der Waals surface area (Å²) >= 11 is 12.0. The van der Waals surface area contributed by atoms with Gasteiger partial charge in [0.2, 0.25) is 0 Å². The largest absolute Gasteiger partial charge is 0.328 e. The second-order valence-corrected chi connectivity index (χ2v) is 5.66. The third-order valence-electron chi connectivity index (χ3n) is 3.12. The van der Waals surface area contributed by atoms with E-state index in [-0.39, 0.29) is 6.04 Å². The third-order valence-corrected chi connectivity index (χ3v) is 3.85. The van der Waals surface area contributed by atoms with Crippen molar-refractivity contribution in [2.24, 2.45) is 5.73 Å². The van der Waals surface area contributed by atoms with Crippen molar-refractivity contribution >= 4 is 23.2 Å². The topological polar surface area (TPSA) is 43.8 Å². The predicted octanol–water partition coefficient (Wildman–Crippen LogP) is 3.69. The smallest absolute Gasteiger partial charge is 0.0664 e. The molecule has 0 fully saturated rings. The van der Waals surface area contributed by atoms with Crippen molar-refractivity contribution in [3.05, 3.63) is 45.2 Å². The quantitative estimate of drug-likeness (QED) is 0.939. The van der Waals surface area contributed by atoms with Gasteiger partial charge < -0.3 is 5.73 Å². The minimum absolute atomic E-state index is 0.115. The summed E-state index contributed by atoms with van der Waals surface area (Å²) in [6.07, 6.45) is 0.818. The fourth-order valence-electron chi connectivity index (χ4n) is 2.16. The second kappa shape index (κ2) is 5.53. The van der Waals surface area contributed by atoms with Crippen LogP contribution in [0.2, 0.25) is 10.0 Å². The lowest BCUT2D eigenvalue weighted by atomic mass is 10.1. The van der Waals surface area contributed by atoms with E-state index in [1.165, 1.54) is 5.56 Å². The highest BCUT2D eigenvalue weighted by atomic mass is 35.5. The lowest BCUT2D eigenvalue weighted by Gasteiger charge is -2.08. The molecular weight excluding hydrogens is 281 g/mol. The summed E-state index contributed by atoms with van der Waals surface area (Å²) in [6, 6.07) is 5.62.